The van der Waals surface area contributed by atoms with Gasteiger partial charge >= 0.3 is 0 Å². The molecule has 0 fully saturated rings. The molecule has 6 nitrogen and oxygen atoms in total. The maximum atomic E-state index is 12.3. The van der Waals surface area contributed by atoms with Crippen molar-refractivity contribution in [2.45, 2.75) is 13.5 Å². The van der Waals surface area contributed by atoms with Crippen LogP contribution in [0.4, 0.5) is 5.69 Å². The van der Waals surface area contributed by atoms with Gasteiger partial charge in [-0.25, -0.2) is 0 Å². The van der Waals surface area contributed by atoms with Gasteiger partial charge in [-0.3, -0.25) is 9.48 Å². The van der Waals surface area contributed by atoms with Crippen molar-refractivity contribution in [3.05, 3.63) is 41.2 Å². The minimum atomic E-state index is -0.244. The molecule has 3 N–H and O–H groups in total. The molecule has 2 rings (SSSR count). The number of anilines is 1. The van der Waals surface area contributed by atoms with Crippen molar-refractivity contribution in [3.63, 3.8) is 0 Å². The lowest BCUT2D eigenvalue weighted by molar-refractivity contribution is 0.0943. The molecule has 1 atom stereocenters. The first-order chi connectivity index (χ1) is 10.5. The summed E-state index contributed by atoms with van der Waals surface area (Å²) in [7, 11) is 1.49. The summed E-state index contributed by atoms with van der Waals surface area (Å²) in [6.07, 6.45) is 3.62. The number of hydrogen-bond donors (Lipinski definition) is 2. The van der Waals surface area contributed by atoms with E-state index in [2.05, 4.69) is 10.4 Å². The molecule has 1 amide bonds. The minimum absolute atomic E-state index is 0. The van der Waals surface area contributed by atoms with Gasteiger partial charge in [0.25, 0.3) is 5.91 Å². The molecule has 0 spiro atoms. The van der Waals surface area contributed by atoms with Crippen LogP contribution in [0.1, 0.15) is 17.3 Å². The first-order valence-corrected chi connectivity index (χ1v) is 7.27. The van der Waals surface area contributed by atoms with Crippen LogP contribution in [0, 0.1) is 5.92 Å². The summed E-state index contributed by atoms with van der Waals surface area (Å²) in [5.74, 6) is 0.393. The molecule has 1 unspecified atom stereocenters. The number of nitrogens with two attached hydrogens (primary N) is 1. The molecule has 0 saturated carbocycles. The Bertz CT molecular complexity index is 647. The molecule has 0 saturated heterocycles. The summed E-state index contributed by atoms with van der Waals surface area (Å²) in [5, 5.41) is 7.35. The lowest BCUT2D eigenvalue weighted by Crippen LogP contribution is -2.30. The van der Waals surface area contributed by atoms with E-state index < -0.39 is 0 Å². The Morgan fingerprint density at radius 1 is 1.52 bits per heavy atom. The fourth-order valence-corrected chi connectivity index (χ4v) is 2.23. The van der Waals surface area contributed by atoms with Crippen molar-refractivity contribution in [3.8, 4) is 5.75 Å². The van der Waals surface area contributed by atoms with Crippen molar-refractivity contribution >= 4 is 35.6 Å². The number of nitrogen functional groups attached to an aromatic ring is 1. The number of hydrogen-bond acceptors (Lipinski definition) is 4. The third-order valence-corrected chi connectivity index (χ3v) is 3.56. The van der Waals surface area contributed by atoms with Crippen LogP contribution in [-0.2, 0) is 6.54 Å². The van der Waals surface area contributed by atoms with E-state index in [1.807, 2.05) is 23.9 Å². The molecule has 0 aliphatic heterocycles. The van der Waals surface area contributed by atoms with Crippen LogP contribution < -0.4 is 15.8 Å². The number of halogens is 2. The first kappa shape index (κ1) is 19.1. The molecule has 0 aliphatic rings. The fraction of sp³-hybridized carbons (Fsp3) is 0.333. The SMILES string of the molecule is COc1cc(N)c(Cl)cc1C(=O)NCC(C)Cn1cccn1.Cl. The van der Waals surface area contributed by atoms with Crippen LogP contribution in [-0.4, -0.2) is 29.3 Å². The predicted molar refractivity (Wildman–Crippen MR) is 93.4 cm³/mol. The van der Waals surface area contributed by atoms with E-state index in [4.69, 9.17) is 22.1 Å². The average Bonchev–Trinajstić information content (AvgIpc) is 3.00. The van der Waals surface area contributed by atoms with Crippen LogP contribution in [0.3, 0.4) is 0 Å². The van der Waals surface area contributed by atoms with Crippen LogP contribution in [0.5, 0.6) is 5.75 Å². The Hall–Kier alpha value is -1.92. The molecule has 0 bridgehead atoms. The van der Waals surface area contributed by atoms with Gasteiger partial charge in [-0.2, -0.15) is 5.10 Å². The molecular weight excluding hydrogens is 339 g/mol. The van der Waals surface area contributed by atoms with Gasteiger partial charge in [0, 0.05) is 31.5 Å². The average molecular weight is 359 g/mol. The third-order valence-electron chi connectivity index (χ3n) is 3.23. The van der Waals surface area contributed by atoms with Gasteiger partial charge in [0.2, 0.25) is 0 Å². The van der Waals surface area contributed by atoms with E-state index in [1.54, 1.807) is 12.3 Å². The zero-order valence-corrected chi connectivity index (χ0v) is 14.5. The second-order valence-corrected chi connectivity index (χ2v) is 5.52. The summed E-state index contributed by atoms with van der Waals surface area (Å²) in [6, 6.07) is 4.93. The number of ether oxygens (including phenoxy) is 1. The van der Waals surface area contributed by atoms with Crippen LogP contribution in [0.25, 0.3) is 0 Å². The highest BCUT2D eigenvalue weighted by atomic mass is 35.5. The highest BCUT2D eigenvalue weighted by Crippen LogP contribution is 2.28. The topological polar surface area (TPSA) is 82.2 Å². The summed E-state index contributed by atoms with van der Waals surface area (Å²) in [6.45, 7) is 3.28. The summed E-state index contributed by atoms with van der Waals surface area (Å²) in [4.78, 5) is 12.3. The highest BCUT2D eigenvalue weighted by Gasteiger charge is 2.15. The second kappa shape index (κ2) is 8.64. The Labute approximate surface area is 146 Å². The Morgan fingerprint density at radius 2 is 2.26 bits per heavy atom. The monoisotopic (exact) mass is 358 g/mol. The molecular formula is C15H20Cl2N4O2. The van der Waals surface area contributed by atoms with Crippen molar-refractivity contribution in [2.24, 2.45) is 5.92 Å². The standard InChI is InChI=1S/C15H19ClN4O2.ClH/c1-10(9-20-5-3-4-19-20)8-18-15(21)11-6-12(16)13(17)7-14(11)22-2;/h3-7,10H,8-9,17H2,1-2H3,(H,18,21);1H. The lowest BCUT2D eigenvalue weighted by Gasteiger charge is -2.14. The number of rotatable bonds is 6. The maximum absolute atomic E-state index is 12.3. The first-order valence-electron chi connectivity index (χ1n) is 6.90. The van der Waals surface area contributed by atoms with Crippen LogP contribution in [0.2, 0.25) is 5.02 Å². The van der Waals surface area contributed by atoms with Gasteiger partial charge in [-0.05, 0) is 18.1 Å². The minimum Gasteiger partial charge on any atom is -0.496 e. The molecule has 126 valence electrons. The molecule has 1 aromatic heterocycles. The Kier molecular flexibility index (Phi) is 7.19. The van der Waals surface area contributed by atoms with E-state index in [0.29, 0.717) is 28.6 Å². The normalized spacial score (nSPS) is 11.4. The number of nitrogens with one attached hydrogen (secondary N) is 1. The Balaban J connectivity index is 0.00000264. The number of benzene rings is 1. The van der Waals surface area contributed by atoms with E-state index >= 15 is 0 Å². The molecule has 23 heavy (non-hydrogen) atoms. The zero-order valence-electron chi connectivity index (χ0n) is 13.0. The van der Waals surface area contributed by atoms with E-state index in [1.165, 1.54) is 13.2 Å². The quantitative estimate of drug-likeness (QED) is 0.777. The van der Waals surface area contributed by atoms with Crippen LogP contribution >= 0.6 is 24.0 Å². The molecule has 2 aromatic rings. The molecule has 0 radical (unpaired) electrons. The molecule has 1 aromatic carbocycles. The summed E-state index contributed by atoms with van der Waals surface area (Å²) >= 11 is 5.97. The number of nitrogens with zero attached hydrogens (tertiary/aromatic N) is 2. The van der Waals surface area contributed by atoms with E-state index in [-0.39, 0.29) is 24.2 Å². The highest BCUT2D eigenvalue weighted by molar-refractivity contribution is 6.33. The van der Waals surface area contributed by atoms with Crippen LogP contribution in [0.15, 0.2) is 30.6 Å². The van der Waals surface area contributed by atoms with Crippen molar-refractivity contribution in [2.75, 3.05) is 19.4 Å². The lowest BCUT2D eigenvalue weighted by atomic mass is 10.1. The van der Waals surface area contributed by atoms with Gasteiger partial charge in [0.05, 0.1) is 23.4 Å². The van der Waals surface area contributed by atoms with Crippen molar-refractivity contribution < 1.29 is 9.53 Å². The summed E-state index contributed by atoms with van der Waals surface area (Å²) in [5.41, 5.74) is 6.46. The molecule has 0 aliphatic carbocycles. The van der Waals surface area contributed by atoms with Gasteiger partial charge in [0.15, 0.2) is 0 Å². The number of methoxy groups -OCH3 is 1. The smallest absolute Gasteiger partial charge is 0.255 e. The van der Waals surface area contributed by atoms with Gasteiger partial charge < -0.3 is 15.8 Å². The van der Waals surface area contributed by atoms with Gasteiger partial charge in [-0.15, -0.1) is 12.4 Å². The Morgan fingerprint density at radius 3 is 2.87 bits per heavy atom. The maximum Gasteiger partial charge on any atom is 0.255 e. The van der Waals surface area contributed by atoms with Gasteiger partial charge in [-0.1, -0.05) is 18.5 Å². The molecule has 8 heteroatoms. The zero-order chi connectivity index (χ0) is 16.1. The number of carbonyl (C=O) groups is 1. The predicted octanol–water partition coefficient (Wildman–Crippen LogP) is 2.62. The second-order valence-electron chi connectivity index (χ2n) is 5.12. The summed E-state index contributed by atoms with van der Waals surface area (Å²) < 4.78 is 7.01. The largest absolute Gasteiger partial charge is 0.496 e. The number of aromatic nitrogens is 2. The fourth-order valence-electron chi connectivity index (χ4n) is 2.07. The van der Waals surface area contributed by atoms with Gasteiger partial charge in [0.1, 0.15) is 5.75 Å². The number of amides is 1. The van der Waals surface area contributed by atoms with E-state index in [9.17, 15) is 4.79 Å². The van der Waals surface area contributed by atoms with E-state index in [0.717, 1.165) is 6.54 Å². The number of carbonyl (C=O) groups excluding carboxylic acids is 1. The van der Waals surface area contributed by atoms with Crippen molar-refractivity contribution in [1.29, 1.82) is 0 Å². The molecule has 1 heterocycles. The van der Waals surface area contributed by atoms with Crippen molar-refractivity contribution in [1.82, 2.24) is 15.1 Å². The third kappa shape index (κ3) is 5.04.